The third-order valence-corrected chi connectivity index (χ3v) is 3.06. The van der Waals surface area contributed by atoms with Crippen molar-refractivity contribution in [2.75, 3.05) is 19.0 Å². The number of anilines is 1. The highest BCUT2D eigenvalue weighted by Crippen LogP contribution is 2.30. The summed E-state index contributed by atoms with van der Waals surface area (Å²) in [6.45, 7) is 2.07. The summed E-state index contributed by atoms with van der Waals surface area (Å²) < 4.78 is 0. The van der Waals surface area contributed by atoms with Gasteiger partial charge in [0.25, 0.3) is 0 Å². The molecule has 0 bridgehead atoms. The second-order valence-electron chi connectivity index (χ2n) is 4.14. The highest BCUT2D eigenvalue weighted by atomic mass is 16.2. The standard InChI is InChI=1S/C11H16N4O/c1-7-6-8(12-2)11(16)15(3)10-9(7)13-4-5-14-10/h4-5,7-8,12H,6H2,1-3H3/t7-,8-/m0/s1. The van der Waals surface area contributed by atoms with Gasteiger partial charge in [-0.25, -0.2) is 4.98 Å². The highest BCUT2D eigenvalue weighted by Gasteiger charge is 2.31. The number of hydrogen-bond acceptors (Lipinski definition) is 4. The second-order valence-corrected chi connectivity index (χ2v) is 4.14. The van der Waals surface area contributed by atoms with Gasteiger partial charge in [0.2, 0.25) is 5.91 Å². The molecule has 1 aromatic heterocycles. The lowest BCUT2D eigenvalue weighted by molar-refractivity contribution is -0.120. The van der Waals surface area contributed by atoms with Crippen molar-refractivity contribution in [2.24, 2.45) is 0 Å². The van der Waals surface area contributed by atoms with Crippen LogP contribution in [-0.2, 0) is 4.79 Å². The van der Waals surface area contributed by atoms with Crippen LogP contribution in [-0.4, -0.2) is 36.0 Å². The lowest BCUT2D eigenvalue weighted by atomic mass is 9.99. The van der Waals surface area contributed by atoms with Gasteiger partial charge >= 0.3 is 0 Å². The van der Waals surface area contributed by atoms with Crippen LogP contribution >= 0.6 is 0 Å². The molecule has 0 unspecified atom stereocenters. The van der Waals surface area contributed by atoms with Crippen molar-refractivity contribution in [3.8, 4) is 0 Å². The maximum absolute atomic E-state index is 12.1. The van der Waals surface area contributed by atoms with E-state index in [-0.39, 0.29) is 17.9 Å². The molecule has 1 aromatic rings. The average molecular weight is 220 g/mol. The molecule has 2 atom stereocenters. The number of likely N-dealkylation sites (N-methyl/N-ethyl adjacent to an activating group) is 2. The molecule has 0 saturated heterocycles. The van der Waals surface area contributed by atoms with Crippen molar-refractivity contribution >= 4 is 11.7 Å². The normalized spacial score (nSPS) is 25.2. The molecular formula is C11H16N4O. The van der Waals surface area contributed by atoms with E-state index >= 15 is 0 Å². The van der Waals surface area contributed by atoms with Gasteiger partial charge in [-0.1, -0.05) is 6.92 Å². The minimum Gasteiger partial charge on any atom is -0.309 e. The fourth-order valence-corrected chi connectivity index (χ4v) is 2.09. The lowest BCUT2D eigenvalue weighted by Crippen LogP contribution is -2.43. The maximum atomic E-state index is 12.1. The quantitative estimate of drug-likeness (QED) is 0.750. The number of carbonyl (C=O) groups is 1. The van der Waals surface area contributed by atoms with Crippen molar-refractivity contribution < 1.29 is 4.79 Å². The molecule has 1 amide bonds. The Morgan fingerprint density at radius 1 is 1.44 bits per heavy atom. The van der Waals surface area contributed by atoms with Gasteiger partial charge in [0, 0.05) is 25.4 Å². The van der Waals surface area contributed by atoms with Crippen LogP contribution in [0.1, 0.15) is 25.0 Å². The molecule has 2 heterocycles. The van der Waals surface area contributed by atoms with Crippen molar-refractivity contribution in [1.82, 2.24) is 15.3 Å². The summed E-state index contributed by atoms with van der Waals surface area (Å²) in [5.74, 6) is 0.960. The second kappa shape index (κ2) is 4.17. The average Bonchev–Trinajstić information content (AvgIpc) is 2.41. The molecule has 86 valence electrons. The van der Waals surface area contributed by atoms with E-state index in [0.29, 0.717) is 5.82 Å². The largest absolute Gasteiger partial charge is 0.309 e. The third kappa shape index (κ3) is 1.67. The Morgan fingerprint density at radius 3 is 2.81 bits per heavy atom. The van der Waals surface area contributed by atoms with Crippen LogP contribution in [0.25, 0.3) is 0 Å². The molecule has 1 aliphatic rings. The summed E-state index contributed by atoms with van der Waals surface area (Å²) >= 11 is 0. The Balaban J connectivity index is 2.47. The maximum Gasteiger partial charge on any atom is 0.245 e. The molecule has 5 heteroatoms. The van der Waals surface area contributed by atoms with Crippen molar-refractivity contribution in [3.63, 3.8) is 0 Å². The number of nitrogens with one attached hydrogen (secondary N) is 1. The first kappa shape index (κ1) is 11.0. The van der Waals surface area contributed by atoms with E-state index in [4.69, 9.17) is 0 Å². The summed E-state index contributed by atoms with van der Waals surface area (Å²) in [6, 6.07) is -0.156. The van der Waals surface area contributed by atoms with Gasteiger partial charge in [0.15, 0.2) is 5.82 Å². The van der Waals surface area contributed by atoms with Gasteiger partial charge in [-0.15, -0.1) is 0 Å². The minimum atomic E-state index is -0.156. The minimum absolute atomic E-state index is 0.0496. The Morgan fingerprint density at radius 2 is 2.12 bits per heavy atom. The first-order chi connectivity index (χ1) is 7.65. The van der Waals surface area contributed by atoms with Crippen molar-refractivity contribution in [1.29, 1.82) is 0 Å². The molecule has 0 saturated carbocycles. The van der Waals surface area contributed by atoms with E-state index < -0.39 is 0 Å². The summed E-state index contributed by atoms with van der Waals surface area (Å²) in [6.07, 6.45) is 4.05. The fraction of sp³-hybridized carbons (Fsp3) is 0.545. The Labute approximate surface area is 94.9 Å². The molecule has 1 aliphatic heterocycles. The van der Waals surface area contributed by atoms with Crippen LogP contribution in [0.4, 0.5) is 5.82 Å². The first-order valence-corrected chi connectivity index (χ1v) is 5.41. The molecule has 0 aromatic carbocycles. The van der Waals surface area contributed by atoms with Crippen LogP contribution in [0.15, 0.2) is 12.4 Å². The van der Waals surface area contributed by atoms with Crippen molar-refractivity contribution in [3.05, 3.63) is 18.1 Å². The van der Waals surface area contributed by atoms with E-state index in [1.165, 1.54) is 0 Å². The van der Waals surface area contributed by atoms with Gasteiger partial charge in [-0.05, 0) is 13.5 Å². The van der Waals surface area contributed by atoms with Gasteiger partial charge in [0.05, 0.1) is 11.7 Å². The molecule has 2 rings (SSSR count). The molecule has 5 nitrogen and oxygen atoms in total. The SMILES string of the molecule is CN[C@H]1C[C@H](C)c2nccnc2N(C)C1=O. The molecule has 1 N–H and O–H groups in total. The van der Waals surface area contributed by atoms with E-state index in [0.717, 1.165) is 12.1 Å². The number of carbonyl (C=O) groups excluding carboxylic acids is 1. The molecule has 0 spiro atoms. The van der Waals surface area contributed by atoms with Crippen LogP contribution in [0.3, 0.4) is 0 Å². The Kier molecular flexibility index (Phi) is 2.87. The highest BCUT2D eigenvalue weighted by molar-refractivity contribution is 5.97. The summed E-state index contributed by atoms with van der Waals surface area (Å²) in [5, 5.41) is 3.04. The summed E-state index contributed by atoms with van der Waals surface area (Å²) in [5.41, 5.74) is 0.899. The Hall–Kier alpha value is -1.49. The van der Waals surface area contributed by atoms with Crippen LogP contribution in [0, 0.1) is 0 Å². The number of fused-ring (bicyclic) bond motifs is 1. The topological polar surface area (TPSA) is 58.1 Å². The lowest BCUT2D eigenvalue weighted by Gasteiger charge is -2.19. The monoisotopic (exact) mass is 220 g/mol. The molecule has 0 aliphatic carbocycles. The van der Waals surface area contributed by atoms with Gasteiger partial charge in [-0.3, -0.25) is 14.7 Å². The number of aromatic nitrogens is 2. The predicted octanol–water partition coefficient (Wildman–Crippen LogP) is 0.535. The summed E-state index contributed by atoms with van der Waals surface area (Å²) in [7, 11) is 3.55. The van der Waals surface area contributed by atoms with Crippen LogP contribution < -0.4 is 10.2 Å². The Bertz CT molecular complexity index is 407. The molecule has 16 heavy (non-hydrogen) atoms. The third-order valence-electron chi connectivity index (χ3n) is 3.06. The fourth-order valence-electron chi connectivity index (χ4n) is 2.09. The number of nitrogens with zero attached hydrogens (tertiary/aromatic N) is 3. The van der Waals surface area contributed by atoms with Crippen LogP contribution in [0.2, 0.25) is 0 Å². The van der Waals surface area contributed by atoms with E-state index in [1.54, 1.807) is 31.4 Å². The zero-order valence-corrected chi connectivity index (χ0v) is 9.77. The number of amides is 1. The van der Waals surface area contributed by atoms with Gasteiger partial charge in [-0.2, -0.15) is 0 Å². The van der Waals surface area contributed by atoms with Gasteiger partial charge in [0.1, 0.15) is 0 Å². The molecular weight excluding hydrogens is 204 g/mol. The van der Waals surface area contributed by atoms with Gasteiger partial charge < -0.3 is 5.32 Å². The first-order valence-electron chi connectivity index (χ1n) is 5.41. The number of rotatable bonds is 1. The summed E-state index contributed by atoms with van der Waals surface area (Å²) in [4.78, 5) is 22.2. The smallest absolute Gasteiger partial charge is 0.245 e. The molecule has 0 radical (unpaired) electrons. The van der Waals surface area contributed by atoms with Crippen LogP contribution in [0.5, 0.6) is 0 Å². The molecule has 0 fully saturated rings. The van der Waals surface area contributed by atoms with E-state index in [2.05, 4.69) is 22.2 Å². The van der Waals surface area contributed by atoms with E-state index in [1.807, 2.05) is 0 Å². The van der Waals surface area contributed by atoms with E-state index in [9.17, 15) is 4.79 Å². The zero-order valence-electron chi connectivity index (χ0n) is 9.77. The van der Waals surface area contributed by atoms with Crippen molar-refractivity contribution in [2.45, 2.75) is 25.3 Å². The number of hydrogen-bond donors (Lipinski definition) is 1. The predicted molar refractivity (Wildman–Crippen MR) is 61.3 cm³/mol. The zero-order chi connectivity index (χ0) is 11.7.